The van der Waals surface area contributed by atoms with Gasteiger partial charge in [-0.25, -0.2) is 4.68 Å². The molecule has 0 atom stereocenters. The van der Waals surface area contributed by atoms with Gasteiger partial charge in [0.05, 0.1) is 4.92 Å². The maximum atomic E-state index is 12.5. The molecule has 29 heavy (non-hydrogen) atoms. The Balaban J connectivity index is 1.86. The zero-order valence-corrected chi connectivity index (χ0v) is 16.1. The topological polar surface area (TPSA) is 107 Å². The minimum absolute atomic E-state index is 0.169. The van der Waals surface area contributed by atoms with E-state index in [2.05, 4.69) is 10.4 Å². The van der Waals surface area contributed by atoms with E-state index in [4.69, 9.17) is 0 Å². The van der Waals surface area contributed by atoms with Crippen LogP contribution in [0.3, 0.4) is 0 Å². The number of nitrogens with zero attached hydrogens (tertiary/aromatic N) is 3. The monoisotopic (exact) mass is 392 g/mol. The van der Waals surface area contributed by atoms with Gasteiger partial charge in [0.2, 0.25) is 5.43 Å². The second-order valence-corrected chi connectivity index (χ2v) is 6.59. The first-order valence-electron chi connectivity index (χ1n) is 9.06. The van der Waals surface area contributed by atoms with Crippen molar-refractivity contribution in [2.75, 3.05) is 6.54 Å². The molecule has 0 saturated carbocycles. The van der Waals surface area contributed by atoms with Crippen molar-refractivity contribution >= 4 is 11.6 Å². The molecule has 0 fully saturated rings. The molecule has 1 aromatic heterocycles. The molecule has 2 aromatic carbocycles. The van der Waals surface area contributed by atoms with Crippen molar-refractivity contribution < 1.29 is 9.72 Å². The first-order valence-corrected chi connectivity index (χ1v) is 9.06. The first kappa shape index (κ1) is 19.9. The number of carbonyl (C=O) groups is 1. The van der Waals surface area contributed by atoms with Gasteiger partial charge in [-0.05, 0) is 37.5 Å². The second kappa shape index (κ2) is 8.47. The number of amides is 1. The summed E-state index contributed by atoms with van der Waals surface area (Å²) in [5.74, 6) is -0.615. The molecule has 0 bridgehead atoms. The third-order valence-electron chi connectivity index (χ3n) is 4.57. The van der Waals surface area contributed by atoms with Gasteiger partial charge in [0.1, 0.15) is 5.69 Å². The predicted molar refractivity (Wildman–Crippen MR) is 108 cm³/mol. The SMILES string of the molecule is Cc1ccccc1CCNC(=O)c1nn(-c2ccccc2[N+](=O)[O-])c(C)cc1=O. The summed E-state index contributed by atoms with van der Waals surface area (Å²) in [5.41, 5.74) is 1.78. The molecule has 1 amide bonds. The van der Waals surface area contributed by atoms with Gasteiger partial charge in [0.15, 0.2) is 5.69 Å². The number of hydrogen-bond acceptors (Lipinski definition) is 5. The standard InChI is InChI=1S/C21H20N4O4/c1-14-7-3-4-8-16(14)11-12-22-21(27)20-19(26)13-15(2)24(23-20)17-9-5-6-10-18(17)25(28)29/h3-10,13H,11-12H2,1-2H3,(H,22,27). The van der Waals surface area contributed by atoms with Crippen molar-refractivity contribution in [1.29, 1.82) is 0 Å². The van der Waals surface area contributed by atoms with E-state index in [-0.39, 0.29) is 17.1 Å². The van der Waals surface area contributed by atoms with Crippen molar-refractivity contribution in [1.82, 2.24) is 15.1 Å². The molecule has 8 heteroatoms. The number of para-hydroxylation sites is 2. The van der Waals surface area contributed by atoms with Crippen molar-refractivity contribution in [2.24, 2.45) is 0 Å². The molecular formula is C21H20N4O4. The molecule has 3 rings (SSSR count). The van der Waals surface area contributed by atoms with Crippen molar-refractivity contribution in [3.8, 4) is 5.69 Å². The Labute approximate surface area is 167 Å². The molecule has 0 aliphatic heterocycles. The molecule has 148 valence electrons. The second-order valence-electron chi connectivity index (χ2n) is 6.59. The van der Waals surface area contributed by atoms with Crippen LogP contribution in [0.15, 0.2) is 59.4 Å². The summed E-state index contributed by atoms with van der Waals surface area (Å²) in [6, 6.07) is 15.1. The van der Waals surface area contributed by atoms with Gasteiger partial charge in [-0.1, -0.05) is 36.4 Å². The number of nitrogens with one attached hydrogen (secondary N) is 1. The van der Waals surface area contributed by atoms with Gasteiger partial charge in [-0.2, -0.15) is 5.10 Å². The molecule has 0 aliphatic rings. The molecule has 1 N–H and O–H groups in total. The lowest BCUT2D eigenvalue weighted by Gasteiger charge is -2.12. The van der Waals surface area contributed by atoms with Gasteiger partial charge in [0, 0.05) is 24.4 Å². The van der Waals surface area contributed by atoms with E-state index in [9.17, 15) is 19.7 Å². The number of hydrogen-bond donors (Lipinski definition) is 1. The largest absolute Gasteiger partial charge is 0.350 e. The van der Waals surface area contributed by atoms with Crippen molar-refractivity contribution in [3.63, 3.8) is 0 Å². The van der Waals surface area contributed by atoms with E-state index < -0.39 is 16.3 Å². The lowest BCUT2D eigenvalue weighted by atomic mass is 10.1. The predicted octanol–water partition coefficient (Wildman–Crippen LogP) is 2.73. The number of carbonyl (C=O) groups excluding carboxylic acids is 1. The normalized spacial score (nSPS) is 10.6. The van der Waals surface area contributed by atoms with Crippen LogP contribution in [0.1, 0.15) is 27.3 Å². The quantitative estimate of drug-likeness (QED) is 0.513. The Bertz CT molecular complexity index is 1140. The molecule has 0 radical (unpaired) electrons. The summed E-state index contributed by atoms with van der Waals surface area (Å²) in [5, 5.41) is 18.1. The van der Waals surface area contributed by atoms with Gasteiger partial charge < -0.3 is 5.32 Å². The minimum atomic E-state index is -0.615. The summed E-state index contributed by atoms with van der Waals surface area (Å²) in [7, 11) is 0. The summed E-state index contributed by atoms with van der Waals surface area (Å²) < 4.78 is 1.25. The number of benzene rings is 2. The fourth-order valence-electron chi connectivity index (χ4n) is 3.03. The first-order chi connectivity index (χ1) is 13.9. The summed E-state index contributed by atoms with van der Waals surface area (Å²) >= 11 is 0. The minimum Gasteiger partial charge on any atom is -0.350 e. The highest BCUT2D eigenvalue weighted by Crippen LogP contribution is 2.22. The fraction of sp³-hybridized carbons (Fsp3) is 0.190. The van der Waals surface area contributed by atoms with E-state index >= 15 is 0 Å². The van der Waals surface area contributed by atoms with Crippen LogP contribution in [0.2, 0.25) is 0 Å². The smallest absolute Gasteiger partial charge is 0.294 e. The van der Waals surface area contributed by atoms with E-state index in [0.717, 1.165) is 11.1 Å². The van der Waals surface area contributed by atoms with Crippen molar-refractivity contribution in [3.05, 3.63) is 97.4 Å². The van der Waals surface area contributed by atoms with E-state index in [1.807, 2.05) is 31.2 Å². The zero-order chi connectivity index (χ0) is 21.0. The maximum absolute atomic E-state index is 12.5. The average molecular weight is 392 g/mol. The van der Waals surface area contributed by atoms with Crippen LogP contribution in [0.4, 0.5) is 5.69 Å². The van der Waals surface area contributed by atoms with Crippen LogP contribution in [-0.4, -0.2) is 27.2 Å². The third kappa shape index (κ3) is 4.37. The lowest BCUT2D eigenvalue weighted by molar-refractivity contribution is -0.384. The number of aryl methyl sites for hydroxylation is 2. The number of nitro benzene ring substituents is 1. The van der Waals surface area contributed by atoms with Crippen molar-refractivity contribution in [2.45, 2.75) is 20.3 Å². The van der Waals surface area contributed by atoms with E-state index in [1.54, 1.807) is 19.1 Å². The Morgan fingerprint density at radius 1 is 1.14 bits per heavy atom. The van der Waals surface area contributed by atoms with Crippen LogP contribution < -0.4 is 10.7 Å². The van der Waals surface area contributed by atoms with Crippen LogP contribution in [0.25, 0.3) is 5.69 Å². The number of nitro groups is 1. The highest BCUT2D eigenvalue weighted by molar-refractivity contribution is 5.92. The zero-order valence-electron chi connectivity index (χ0n) is 16.1. The van der Waals surface area contributed by atoms with E-state index in [1.165, 1.54) is 22.9 Å². The van der Waals surface area contributed by atoms with E-state index in [0.29, 0.717) is 18.7 Å². The highest BCUT2D eigenvalue weighted by Gasteiger charge is 2.20. The number of rotatable bonds is 6. The summed E-state index contributed by atoms with van der Waals surface area (Å²) in [6.45, 7) is 3.93. The van der Waals surface area contributed by atoms with Crippen LogP contribution >= 0.6 is 0 Å². The molecule has 1 heterocycles. The lowest BCUT2D eigenvalue weighted by Crippen LogP contribution is -2.33. The van der Waals surface area contributed by atoms with Crippen LogP contribution in [0.5, 0.6) is 0 Å². The Kier molecular flexibility index (Phi) is 5.82. The fourth-order valence-corrected chi connectivity index (χ4v) is 3.03. The van der Waals surface area contributed by atoms with Gasteiger partial charge in [-0.15, -0.1) is 0 Å². The molecule has 3 aromatic rings. The molecule has 0 unspecified atom stereocenters. The number of aromatic nitrogens is 2. The summed E-state index contributed by atoms with van der Waals surface area (Å²) in [6.07, 6.45) is 0.614. The van der Waals surface area contributed by atoms with Crippen LogP contribution in [-0.2, 0) is 6.42 Å². The molecule has 0 spiro atoms. The molecule has 0 saturated heterocycles. The Hall–Kier alpha value is -3.81. The van der Waals surface area contributed by atoms with Gasteiger partial charge >= 0.3 is 0 Å². The highest BCUT2D eigenvalue weighted by atomic mass is 16.6. The molecule has 0 aliphatic carbocycles. The maximum Gasteiger partial charge on any atom is 0.294 e. The molecular weight excluding hydrogens is 372 g/mol. The summed E-state index contributed by atoms with van der Waals surface area (Å²) in [4.78, 5) is 35.6. The van der Waals surface area contributed by atoms with Crippen LogP contribution in [0, 0.1) is 24.0 Å². The Morgan fingerprint density at radius 3 is 2.55 bits per heavy atom. The van der Waals surface area contributed by atoms with Gasteiger partial charge in [0.25, 0.3) is 11.6 Å². The van der Waals surface area contributed by atoms with Gasteiger partial charge in [-0.3, -0.25) is 19.7 Å². The molecule has 8 nitrogen and oxygen atoms in total. The average Bonchev–Trinajstić information content (AvgIpc) is 2.69. The Morgan fingerprint density at radius 2 is 1.83 bits per heavy atom. The third-order valence-corrected chi connectivity index (χ3v) is 4.57.